The van der Waals surface area contributed by atoms with Gasteiger partial charge in [-0.05, 0) is 57.7 Å². The molecule has 0 amide bonds. The molecule has 1 aromatic heterocycles. The van der Waals surface area contributed by atoms with Crippen molar-refractivity contribution in [1.29, 1.82) is 0 Å². The van der Waals surface area contributed by atoms with E-state index >= 15 is 0 Å². The van der Waals surface area contributed by atoms with E-state index in [1.54, 1.807) is 0 Å². The van der Waals surface area contributed by atoms with Gasteiger partial charge < -0.3 is 9.88 Å². The van der Waals surface area contributed by atoms with Crippen molar-refractivity contribution in [1.82, 2.24) is 19.8 Å². The summed E-state index contributed by atoms with van der Waals surface area (Å²) in [7, 11) is 0. The van der Waals surface area contributed by atoms with E-state index in [9.17, 15) is 0 Å². The quantitative estimate of drug-likeness (QED) is 0.829. The molecule has 1 aromatic rings. The Morgan fingerprint density at radius 3 is 2.75 bits per heavy atom. The Bertz CT molecular complexity index is 402. The van der Waals surface area contributed by atoms with Crippen LogP contribution in [-0.2, 0) is 13.1 Å². The minimum Gasteiger partial charge on any atom is -0.333 e. The highest BCUT2D eigenvalue weighted by Crippen LogP contribution is 2.22. The molecule has 1 saturated carbocycles. The molecule has 0 bridgehead atoms. The molecular formula is C16H28N4. The molecule has 2 aliphatic rings. The lowest BCUT2D eigenvalue weighted by Crippen LogP contribution is -2.37. The Hall–Kier alpha value is -0.870. The summed E-state index contributed by atoms with van der Waals surface area (Å²) >= 11 is 0. The van der Waals surface area contributed by atoms with Gasteiger partial charge in [0, 0.05) is 25.3 Å². The summed E-state index contributed by atoms with van der Waals surface area (Å²) < 4.78 is 2.31. The van der Waals surface area contributed by atoms with Crippen molar-refractivity contribution in [2.45, 2.75) is 58.2 Å². The number of aryl methyl sites for hydroxylation is 1. The summed E-state index contributed by atoms with van der Waals surface area (Å²) in [6.45, 7) is 8.12. The Balaban J connectivity index is 1.42. The molecule has 20 heavy (non-hydrogen) atoms. The highest BCUT2D eigenvalue weighted by Gasteiger charge is 2.24. The van der Waals surface area contributed by atoms with E-state index < -0.39 is 0 Å². The van der Waals surface area contributed by atoms with Crippen LogP contribution in [0.25, 0.3) is 0 Å². The molecule has 4 heteroatoms. The van der Waals surface area contributed by atoms with Crippen molar-refractivity contribution in [3.8, 4) is 0 Å². The second-order valence-electron chi connectivity index (χ2n) is 6.48. The number of aromatic nitrogens is 2. The summed E-state index contributed by atoms with van der Waals surface area (Å²) in [5.41, 5.74) is 1.38. The van der Waals surface area contributed by atoms with Gasteiger partial charge >= 0.3 is 0 Å². The zero-order valence-corrected chi connectivity index (χ0v) is 12.7. The van der Waals surface area contributed by atoms with Gasteiger partial charge in [-0.1, -0.05) is 6.92 Å². The third-order valence-electron chi connectivity index (χ3n) is 4.63. The predicted molar refractivity (Wildman–Crippen MR) is 81.5 cm³/mol. The summed E-state index contributed by atoms with van der Waals surface area (Å²) in [6, 6.07) is 0.858. The van der Waals surface area contributed by atoms with Gasteiger partial charge in [0.1, 0.15) is 0 Å². The molecule has 1 saturated heterocycles. The lowest BCUT2D eigenvalue weighted by atomic mass is 9.96. The van der Waals surface area contributed by atoms with Crippen LogP contribution in [0.4, 0.5) is 0 Å². The molecule has 4 nitrogen and oxygen atoms in total. The number of imidazole rings is 1. The van der Waals surface area contributed by atoms with Gasteiger partial charge in [-0.25, -0.2) is 4.98 Å². The molecule has 0 radical (unpaired) electrons. The van der Waals surface area contributed by atoms with Gasteiger partial charge in [-0.15, -0.1) is 0 Å². The van der Waals surface area contributed by atoms with Gasteiger partial charge in [0.2, 0.25) is 0 Å². The Morgan fingerprint density at radius 1 is 1.25 bits per heavy atom. The number of hydrogen-bond donors (Lipinski definition) is 1. The molecule has 1 aliphatic carbocycles. The second-order valence-corrected chi connectivity index (χ2v) is 6.48. The molecule has 0 aromatic carbocycles. The van der Waals surface area contributed by atoms with E-state index in [0.29, 0.717) is 0 Å². The minimum absolute atomic E-state index is 0.858. The predicted octanol–water partition coefficient (Wildman–Crippen LogP) is 2.26. The SMILES string of the molecule is CCCn1cncc1CN1CCC(CNC2CC2)CC1. The van der Waals surface area contributed by atoms with E-state index in [-0.39, 0.29) is 0 Å². The summed E-state index contributed by atoms with van der Waals surface area (Å²) in [6.07, 6.45) is 10.7. The molecular weight excluding hydrogens is 248 g/mol. The first-order valence-corrected chi connectivity index (χ1v) is 8.30. The number of nitrogens with one attached hydrogen (secondary N) is 1. The zero-order chi connectivity index (χ0) is 13.8. The molecule has 1 aliphatic heterocycles. The van der Waals surface area contributed by atoms with Crippen LogP contribution in [0, 0.1) is 5.92 Å². The van der Waals surface area contributed by atoms with Crippen LogP contribution in [0.5, 0.6) is 0 Å². The summed E-state index contributed by atoms with van der Waals surface area (Å²) in [5.74, 6) is 0.896. The standard InChI is InChI=1S/C16H28N4/c1-2-7-20-13-17-11-16(20)12-19-8-5-14(6-9-19)10-18-15-3-4-15/h11,13-15,18H,2-10,12H2,1H3. The van der Waals surface area contributed by atoms with E-state index in [0.717, 1.165) is 25.0 Å². The van der Waals surface area contributed by atoms with E-state index in [4.69, 9.17) is 0 Å². The number of hydrogen-bond acceptors (Lipinski definition) is 3. The third-order valence-corrected chi connectivity index (χ3v) is 4.63. The normalized spacial score (nSPS) is 21.4. The Morgan fingerprint density at radius 2 is 2.05 bits per heavy atom. The Kier molecular flexibility index (Phi) is 4.73. The van der Waals surface area contributed by atoms with Crippen molar-refractivity contribution >= 4 is 0 Å². The lowest BCUT2D eigenvalue weighted by molar-refractivity contribution is 0.172. The second kappa shape index (κ2) is 6.72. The molecule has 0 unspecified atom stereocenters. The monoisotopic (exact) mass is 276 g/mol. The molecule has 1 N–H and O–H groups in total. The van der Waals surface area contributed by atoms with Crippen molar-refractivity contribution in [2.24, 2.45) is 5.92 Å². The topological polar surface area (TPSA) is 33.1 Å². The van der Waals surface area contributed by atoms with Gasteiger partial charge in [-0.3, -0.25) is 4.90 Å². The molecule has 2 heterocycles. The highest BCUT2D eigenvalue weighted by molar-refractivity contribution is 4.98. The van der Waals surface area contributed by atoms with E-state index in [1.807, 2.05) is 12.5 Å². The zero-order valence-electron chi connectivity index (χ0n) is 12.7. The fraction of sp³-hybridized carbons (Fsp3) is 0.812. The smallest absolute Gasteiger partial charge is 0.0948 e. The first-order valence-electron chi connectivity index (χ1n) is 8.30. The molecule has 3 rings (SSSR count). The van der Waals surface area contributed by atoms with Crippen molar-refractivity contribution in [3.63, 3.8) is 0 Å². The van der Waals surface area contributed by atoms with Crippen molar-refractivity contribution < 1.29 is 0 Å². The first-order chi connectivity index (χ1) is 9.85. The van der Waals surface area contributed by atoms with Crippen LogP contribution >= 0.6 is 0 Å². The van der Waals surface area contributed by atoms with E-state index in [1.165, 1.54) is 57.4 Å². The molecule has 112 valence electrons. The van der Waals surface area contributed by atoms with Crippen LogP contribution in [0.1, 0.15) is 44.7 Å². The fourth-order valence-corrected chi connectivity index (χ4v) is 3.12. The van der Waals surface area contributed by atoms with Crippen LogP contribution < -0.4 is 5.32 Å². The Labute approximate surface area is 122 Å². The number of nitrogens with zero attached hydrogens (tertiary/aromatic N) is 3. The van der Waals surface area contributed by atoms with Gasteiger partial charge in [0.25, 0.3) is 0 Å². The average molecular weight is 276 g/mol. The van der Waals surface area contributed by atoms with Gasteiger partial charge in [0.05, 0.1) is 12.0 Å². The van der Waals surface area contributed by atoms with Crippen LogP contribution in [0.2, 0.25) is 0 Å². The van der Waals surface area contributed by atoms with Crippen LogP contribution in [0.3, 0.4) is 0 Å². The van der Waals surface area contributed by atoms with Gasteiger partial charge in [-0.2, -0.15) is 0 Å². The number of likely N-dealkylation sites (tertiary alicyclic amines) is 1. The van der Waals surface area contributed by atoms with Crippen LogP contribution in [0.15, 0.2) is 12.5 Å². The highest BCUT2D eigenvalue weighted by atomic mass is 15.2. The molecule has 2 fully saturated rings. The fourth-order valence-electron chi connectivity index (χ4n) is 3.12. The largest absolute Gasteiger partial charge is 0.333 e. The minimum atomic E-state index is 0.858. The third kappa shape index (κ3) is 3.83. The maximum atomic E-state index is 4.30. The lowest BCUT2D eigenvalue weighted by Gasteiger charge is -2.32. The number of rotatable bonds is 7. The number of piperidine rings is 1. The van der Waals surface area contributed by atoms with Gasteiger partial charge in [0.15, 0.2) is 0 Å². The average Bonchev–Trinajstić information content (AvgIpc) is 3.20. The van der Waals surface area contributed by atoms with Crippen LogP contribution in [-0.4, -0.2) is 40.1 Å². The molecule has 0 atom stereocenters. The summed E-state index contributed by atoms with van der Waals surface area (Å²) in [5, 5.41) is 3.68. The van der Waals surface area contributed by atoms with Crippen molar-refractivity contribution in [3.05, 3.63) is 18.2 Å². The first kappa shape index (κ1) is 14.1. The summed E-state index contributed by atoms with van der Waals surface area (Å²) in [4.78, 5) is 6.90. The molecule has 0 spiro atoms. The van der Waals surface area contributed by atoms with Crippen molar-refractivity contribution in [2.75, 3.05) is 19.6 Å². The van der Waals surface area contributed by atoms with E-state index in [2.05, 4.69) is 26.7 Å². The maximum Gasteiger partial charge on any atom is 0.0948 e. The maximum absolute atomic E-state index is 4.30.